The predicted octanol–water partition coefficient (Wildman–Crippen LogP) is 2.87. The zero-order chi connectivity index (χ0) is 28.8. The van der Waals surface area contributed by atoms with Crippen LogP contribution in [0.2, 0.25) is 0 Å². The van der Waals surface area contributed by atoms with Crippen molar-refractivity contribution in [3.8, 4) is 17.6 Å². The molecule has 1 N–H and O–H groups in total. The second-order valence-corrected chi connectivity index (χ2v) is 7.40. The highest BCUT2D eigenvalue weighted by Crippen LogP contribution is 2.38. The van der Waals surface area contributed by atoms with Gasteiger partial charge in [0.2, 0.25) is 5.75 Å². The van der Waals surface area contributed by atoms with Crippen molar-refractivity contribution in [1.82, 2.24) is 4.90 Å². The molecule has 0 aliphatic carbocycles. The number of likely N-dealkylation sites (N-methyl/N-ethyl adjacent to an activating group) is 1. The van der Waals surface area contributed by atoms with E-state index < -0.39 is 65.1 Å². The number of phenols is 1. The number of ether oxygens (including phenoxy) is 4. The molecule has 0 atom stereocenters. The van der Waals surface area contributed by atoms with Gasteiger partial charge in [0, 0.05) is 19.2 Å². The van der Waals surface area contributed by atoms with Gasteiger partial charge in [0.05, 0.1) is 31.0 Å². The van der Waals surface area contributed by atoms with Crippen molar-refractivity contribution < 1.29 is 48.2 Å². The summed E-state index contributed by atoms with van der Waals surface area (Å²) in [5.41, 5.74) is -1.35. The summed E-state index contributed by atoms with van der Waals surface area (Å²) < 4.78 is 19.5. The Balaban J connectivity index is 3.32. The molecule has 0 saturated carbocycles. The average molecular weight is 536 g/mol. The minimum atomic E-state index is -1.51. The second-order valence-electron chi connectivity index (χ2n) is 7.40. The first kappa shape index (κ1) is 31.4. The van der Waals surface area contributed by atoms with E-state index in [0.29, 0.717) is 13.1 Å². The van der Waals surface area contributed by atoms with Gasteiger partial charge in [-0.05, 0) is 45.4 Å². The number of nitro groups is 1. The average Bonchev–Trinajstić information content (AvgIpc) is 2.84. The number of nitro benzene ring substituents is 1. The molecule has 0 spiro atoms. The summed E-state index contributed by atoms with van der Waals surface area (Å²) in [6, 6.07) is 3.58. The zero-order valence-electron chi connectivity index (χ0n) is 21.4. The molecule has 0 unspecified atom stereocenters. The van der Waals surface area contributed by atoms with Crippen LogP contribution in [-0.4, -0.2) is 71.3 Å². The molecule has 0 fully saturated rings. The summed E-state index contributed by atoms with van der Waals surface area (Å²) in [6.07, 6.45) is -2.87. The molecule has 0 heterocycles. The normalized spacial score (nSPS) is 10.8. The Morgan fingerprint density at radius 1 is 1.08 bits per heavy atom. The smallest absolute Gasteiger partial charge is 0.499 e. The van der Waals surface area contributed by atoms with Crippen LogP contribution in [-0.2, 0) is 28.6 Å². The van der Waals surface area contributed by atoms with Crippen LogP contribution in [0.5, 0.6) is 11.5 Å². The monoisotopic (exact) mass is 535 g/mol. The number of hydrogen-bond acceptors (Lipinski definition) is 12. The number of aromatic hydroxyl groups is 1. The van der Waals surface area contributed by atoms with Crippen LogP contribution in [0.25, 0.3) is 6.08 Å². The van der Waals surface area contributed by atoms with Gasteiger partial charge in [-0.3, -0.25) is 24.5 Å². The van der Waals surface area contributed by atoms with Gasteiger partial charge in [-0.1, -0.05) is 0 Å². The largest absolute Gasteiger partial charge is 0.514 e. The zero-order valence-corrected chi connectivity index (χ0v) is 21.4. The van der Waals surface area contributed by atoms with Crippen molar-refractivity contribution >= 4 is 35.8 Å². The van der Waals surface area contributed by atoms with Gasteiger partial charge in [0.25, 0.3) is 5.91 Å². The van der Waals surface area contributed by atoms with Crippen LogP contribution in [0.3, 0.4) is 0 Å². The summed E-state index contributed by atoms with van der Waals surface area (Å²) in [4.78, 5) is 60.5. The number of nitrogens with zero attached hydrogens (tertiary/aromatic N) is 3. The number of esters is 2. The number of amides is 1. The summed E-state index contributed by atoms with van der Waals surface area (Å²) in [7, 11) is 0. The number of carbonyl (C=O) groups is 4. The minimum Gasteiger partial charge on any atom is -0.499 e. The van der Waals surface area contributed by atoms with Crippen molar-refractivity contribution in [3.63, 3.8) is 0 Å². The molecule has 0 radical (unpaired) electrons. The lowest BCUT2D eigenvalue weighted by Gasteiger charge is -2.18. The first-order valence-electron chi connectivity index (χ1n) is 11.6. The third kappa shape index (κ3) is 9.41. The number of hydrogen-bond donors (Lipinski definition) is 1. The van der Waals surface area contributed by atoms with E-state index >= 15 is 0 Å². The molecular weight excluding hydrogens is 506 g/mol. The molecule has 1 rings (SSSR count). The van der Waals surface area contributed by atoms with Crippen molar-refractivity contribution in [2.45, 2.75) is 46.6 Å². The van der Waals surface area contributed by atoms with E-state index in [0.717, 1.165) is 18.2 Å². The maximum atomic E-state index is 12.6. The Hall–Kier alpha value is -4.67. The Morgan fingerprint density at radius 2 is 1.63 bits per heavy atom. The highest BCUT2D eigenvalue weighted by atomic mass is 16.7. The highest BCUT2D eigenvalue weighted by Gasteiger charge is 2.27. The predicted molar refractivity (Wildman–Crippen MR) is 130 cm³/mol. The number of phenolic OH excluding ortho intramolecular Hbond substituents is 1. The Kier molecular flexibility index (Phi) is 12.7. The van der Waals surface area contributed by atoms with Crippen molar-refractivity contribution in [3.05, 3.63) is 33.4 Å². The molecule has 38 heavy (non-hydrogen) atoms. The van der Waals surface area contributed by atoms with E-state index in [9.17, 15) is 39.7 Å². The lowest BCUT2D eigenvalue weighted by molar-refractivity contribution is -0.385. The summed E-state index contributed by atoms with van der Waals surface area (Å²) in [5, 5.41) is 31.2. The maximum absolute atomic E-state index is 12.6. The lowest BCUT2D eigenvalue weighted by atomic mass is 10.1. The van der Waals surface area contributed by atoms with Crippen LogP contribution in [0, 0.1) is 21.4 Å². The highest BCUT2D eigenvalue weighted by molar-refractivity contribution is 6.01. The second kappa shape index (κ2) is 15.4. The number of benzene rings is 1. The van der Waals surface area contributed by atoms with Gasteiger partial charge in [0.1, 0.15) is 17.7 Å². The molecule has 0 aliphatic heterocycles. The number of nitriles is 1. The van der Waals surface area contributed by atoms with Crippen LogP contribution in [0.15, 0.2) is 17.7 Å². The molecule has 0 aliphatic rings. The van der Waals surface area contributed by atoms with Gasteiger partial charge in [0.15, 0.2) is 5.75 Å². The molecule has 0 saturated heterocycles. The minimum absolute atomic E-state index is 0.0364. The van der Waals surface area contributed by atoms with Crippen LogP contribution < -0.4 is 4.74 Å². The Labute approximate surface area is 218 Å². The lowest BCUT2D eigenvalue weighted by Crippen LogP contribution is -2.31. The van der Waals surface area contributed by atoms with Crippen LogP contribution >= 0.6 is 0 Å². The maximum Gasteiger partial charge on any atom is 0.514 e. The van der Waals surface area contributed by atoms with E-state index in [2.05, 4.69) is 0 Å². The molecule has 0 aromatic heterocycles. The van der Waals surface area contributed by atoms with Gasteiger partial charge in [-0.25, -0.2) is 4.79 Å². The van der Waals surface area contributed by atoms with Gasteiger partial charge in [-0.2, -0.15) is 5.26 Å². The van der Waals surface area contributed by atoms with Crippen molar-refractivity contribution in [1.29, 1.82) is 5.26 Å². The third-order valence-electron chi connectivity index (χ3n) is 4.84. The summed E-state index contributed by atoms with van der Waals surface area (Å²) in [5.74, 6) is -3.95. The first-order chi connectivity index (χ1) is 18.0. The van der Waals surface area contributed by atoms with Gasteiger partial charge < -0.3 is 29.0 Å². The molecular formula is C24H29N3O11. The van der Waals surface area contributed by atoms with E-state index in [4.69, 9.17) is 18.9 Å². The van der Waals surface area contributed by atoms with Crippen molar-refractivity contribution in [2.75, 3.05) is 26.3 Å². The number of rotatable bonds is 13. The molecule has 1 aromatic carbocycles. The van der Waals surface area contributed by atoms with Crippen LogP contribution in [0.1, 0.15) is 46.1 Å². The summed E-state index contributed by atoms with van der Waals surface area (Å²) >= 11 is 0. The van der Waals surface area contributed by atoms with E-state index in [1.54, 1.807) is 33.8 Å². The van der Waals surface area contributed by atoms with Gasteiger partial charge in [-0.15, -0.1) is 0 Å². The van der Waals surface area contributed by atoms with E-state index in [1.807, 2.05) is 0 Å². The molecule has 1 aromatic rings. The van der Waals surface area contributed by atoms with Crippen LogP contribution in [0.4, 0.5) is 10.5 Å². The van der Waals surface area contributed by atoms with Crippen molar-refractivity contribution in [2.24, 2.45) is 0 Å². The van der Waals surface area contributed by atoms with Gasteiger partial charge >= 0.3 is 23.8 Å². The molecule has 206 valence electrons. The first-order valence-corrected chi connectivity index (χ1v) is 11.6. The molecule has 1 amide bonds. The fourth-order valence-corrected chi connectivity index (χ4v) is 3.12. The van der Waals surface area contributed by atoms with E-state index in [1.165, 1.54) is 4.90 Å². The Morgan fingerprint density at radius 3 is 2.08 bits per heavy atom. The number of carbonyl (C=O) groups excluding carboxylic acids is 4. The third-order valence-corrected chi connectivity index (χ3v) is 4.84. The quantitative estimate of drug-likeness (QED) is 0.0738. The topological polar surface area (TPSA) is 196 Å². The van der Waals surface area contributed by atoms with E-state index in [-0.39, 0.29) is 24.4 Å². The fourth-order valence-electron chi connectivity index (χ4n) is 3.12. The molecule has 14 heteroatoms. The molecule has 14 nitrogen and oxygen atoms in total. The Bertz CT molecular complexity index is 1100. The standard InChI is InChI=1S/C24H29N3O11/c1-5-26(6-2)23(31)16(14-25)9-15-10-18(27(33)34)22(30)19(11-15)38-24(32)37-17(12-20(28)35-7-3)13-21(29)36-8-4/h9-11,17,30H,5-8,12-13H2,1-4H3. The summed E-state index contributed by atoms with van der Waals surface area (Å²) in [6.45, 7) is 7.21. The fraction of sp³-hybridized carbons (Fsp3) is 0.458. The molecule has 0 bridgehead atoms. The SMILES string of the molecule is CCOC(=O)CC(CC(=O)OCC)OC(=O)Oc1cc(C=C(C#N)C(=O)N(CC)CC)cc([N+](=O)[O-])c1O.